The molecule has 15 heavy (non-hydrogen) atoms. The van der Waals surface area contributed by atoms with Gasteiger partial charge in [-0.15, -0.1) is 0 Å². The standard InChI is InChI=1S/C10H20N2O3/c1-5(2)8(9(11)13)12-7(4)6(3)10(14)15/h5-8,12H,1-4H3,(H2,11,13)(H,14,15). The zero-order chi connectivity index (χ0) is 12.2. The summed E-state index contributed by atoms with van der Waals surface area (Å²) in [6.07, 6.45) is 0. The third-order valence-electron chi connectivity index (χ3n) is 2.56. The number of hydrogen-bond acceptors (Lipinski definition) is 3. The Balaban J connectivity index is 4.41. The minimum absolute atomic E-state index is 0.0472. The maximum Gasteiger partial charge on any atom is 0.307 e. The molecule has 0 fully saturated rings. The predicted octanol–water partition coefficient (Wildman–Crippen LogP) is 0.195. The van der Waals surface area contributed by atoms with Crippen LogP contribution in [-0.2, 0) is 9.59 Å². The van der Waals surface area contributed by atoms with Gasteiger partial charge in [-0.25, -0.2) is 0 Å². The lowest BCUT2D eigenvalue weighted by molar-refractivity contribution is -0.142. The number of nitrogens with two attached hydrogens (primary N) is 1. The topological polar surface area (TPSA) is 92.4 Å². The summed E-state index contributed by atoms with van der Waals surface area (Å²) in [5.41, 5.74) is 5.21. The van der Waals surface area contributed by atoms with Crippen LogP contribution in [0.4, 0.5) is 0 Å². The number of primary amides is 1. The fraction of sp³-hybridized carbons (Fsp3) is 0.800. The monoisotopic (exact) mass is 216 g/mol. The van der Waals surface area contributed by atoms with Crippen molar-refractivity contribution in [3.8, 4) is 0 Å². The Morgan fingerprint density at radius 2 is 1.67 bits per heavy atom. The van der Waals surface area contributed by atoms with E-state index < -0.39 is 23.8 Å². The van der Waals surface area contributed by atoms with Gasteiger partial charge in [-0.3, -0.25) is 9.59 Å². The minimum Gasteiger partial charge on any atom is -0.481 e. The highest BCUT2D eigenvalue weighted by molar-refractivity contribution is 5.80. The molecule has 0 bridgehead atoms. The van der Waals surface area contributed by atoms with Gasteiger partial charge >= 0.3 is 5.97 Å². The van der Waals surface area contributed by atoms with Crippen LogP contribution in [0.1, 0.15) is 27.7 Å². The second-order valence-corrected chi connectivity index (χ2v) is 4.21. The van der Waals surface area contributed by atoms with E-state index in [0.717, 1.165) is 0 Å². The molecular formula is C10H20N2O3. The molecule has 0 aromatic heterocycles. The van der Waals surface area contributed by atoms with Gasteiger partial charge in [0.05, 0.1) is 12.0 Å². The lowest BCUT2D eigenvalue weighted by Gasteiger charge is -2.25. The van der Waals surface area contributed by atoms with Gasteiger partial charge in [0, 0.05) is 6.04 Å². The number of carbonyl (C=O) groups excluding carboxylic acids is 1. The molecule has 0 heterocycles. The van der Waals surface area contributed by atoms with E-state index in [2.05, 4.69) is 5.32 Å². The van der Waals surface area contributed by atoms with Crippen LogP contribution < -0.4 is 11.1 Å². The van der Waals surface area contributed by atoms with Crippen LogP contribution >= 0.6 is 0 Å². The Kier molecular flexibility index (Phi) is 5.28. The normalized spacial score (nSPS) is 17.1. The average molecular weight is 216 g/mol. The molecule has 88 valence electrons. The van der Waals surface area contributed by atoms with Gasteiger partial charge in [0.2, 0.25) is 5.91 Å². The predicted molar refractivity (Wildman–Crippen MR) is 57.2 cm³/mol. The molecule has 3 atom stereocenters. The van der Waals surface area contributed by atoms with Crippen molar-refractivity contribution in [3.05, 3.63) is 0 Å². The van der Waals surface area contributed by atoms with Crippen molar-refractivity contribution in [2.75, 3.05) is 0 Å². The van der Waals surface area contributed by atoms with E-state index in [9.17, 15) is 9.59 Å². The van der Waals surface area contributed by atoms with E-state index in [1.807, 2.05) is 13.8 Å². The Labute approximate surface area is 90.0 Å². The second-order valence-electron chi connectivity index (χ2n) is 4.21. The summed E-state index contributed by atoms with van der Waals surface area (Å²) < 4.78 is 0. The number of carbonyl (C=O) groups is 2. The first-order valence-electron chi connectivity index (χ1n) is 5.05. The number of rotatable bonds is 6. The Morgan fingerprint density at radius 1 is 1.20 bits per heavy atom. The van der Waals surface area contributed by atoms with Crippen LogP contribution in [0.2, 0.25) is 0 Å². The Morgan fingerprint density at radius 3 is 1.93 bits per heavy atom. The molecule has 3 unspecified atom stereocenters. The summed E-state index contributed by atoms with van der Waals surface area (Å²) in [5, 5.41) is 11.7. The molecule has 0 spiro atoms. The summed E-state index contributed by atoms with van der Waals surface area (Å²) in [5.74, 6) is -1.84. The third-order valence-corrected chi connectivity index (χ3v) is 2.56. The van der Waals surface area contributed by atoms with Gasteiger partial charge in [0.25, 0.3) is 0 Å². The summed E-state index contributed by atoms with van der Waals surface area (Å²) >= 11 is 0. The van der Waals surface area contributed by atoms with Crippen molar-refractivity contribution in [2.24, 2.45) is 17.6 Å². The highest BCUT2D eigenvalue weighted by Crippen LogP contribution is 2.07. The largest absolute Gasteiger partial charge is 0.481 e. The van der Waals surface area contributed by atoms with Crippen LogP contribution in [0, 0.1) is 11.8 Å². The number of hydrogen-bond donors (Lipinski definition) is 3. The molecule has 0 saturated heterocycles. The van der Waals surface area contributed by atoms with Crippen molar-refractivity contribution >= 4 is 11.9 Å². The van der Waals surface area contributed by atoms with Gasteiger partial charge in [0.15, 0.2) is 0 Å². The molecule has 0 saturated carbocycles. The lowest BCUT2D eigenvalue weighted by atomic mass is 9.98. The van der Waals surface area contributed by atoms with Crippen LogP contribution in [0.15, 0.2) is 0 Å². The molecule has 1 amide bonds. The van der Waals surface area contributed by atoms with Gasteiger partial charge in [0.1, 0.15) is 0 Å². The van der Waals surface area contributed by atoms with Crippen LogP contribution in [-0.4, -0.2) is 29.1 Å². The molecule has 5 heteroatoms. The first-order valence-corrected chi connectivity index (χ1v) is 5.05. The van der Waals surface area contributed by atoms with E-state index in [-0.39, 0.29) is 12.0 Å². The van der Waals surface area contributed by atoms with Crippen molar-refractivity contribution in [1.82, 2.24) is 5.32 Å². The average Bonchev–Trinajstić information content (AvgIpc) is 2.11. The van der Waals surface area contributed by atoms with Crippen LogP contribution in [0.25, 0.3) is 0 Å². The minimum atomic E-state index is -0.887. The number of nitrogens with one attached hydrogen (secondary N) is 1. The quantitative estimate of drug-likeness (QED) is 0.591. The molecule has 4 N–H and O–H groups in total. The molecule has 0 aliphatic rings. The summed E-state index contributed by atoms with van der Waals surface area (Å²) in [7, 11) is 0. The van der Waals surface area contributed by atoms with Crippen LogP contribution in [0.5, 0.6) is 0 Å². The van der Waals surface area contributed by atoms with Gasteiger partial charge < -0.3 is 16.2 Å². The molecule has 0 aliphatic carbocycles. The molecule has 0 rings (SSSR count). The van der Waals surface area contributed by atoms with Crippen LogP contribution in [0.3, 0.4) is 0 Å². The van der Waals surface area contributed by atoms with E-state index in [0.29, 0.717) is 0 Å². The molecule has 0 aromatic rings. The molecule has 0 aliphatic heterocycles. The van der Waals surface area contributed by atoms with Crippen molar-refractivity contribution in [1.29, 1.82) is 0 Å². The van der Waals surface area contributed by atoms with Gasteiger partial charge in [-0.1, -0.05) is 20.8 Å². The summed E-state index contributed by atoms with van der Waals surface area (Å²) in [6.45, 7) is 7.05. The molecular weight excluding hydrogens is 196 g/mol. The van der Waals surface area contributed by atoms with E-state index in [1.165, 1.54) is 0 Å². The fourth-order valence-corrected chi connectivity index (χ4v) is 1.24. The highest BCUT2D eigenvalue weighted by Gasteiger charge is 2.26. The molecule has 5 nitrogen and oxygen atoms in total. The third kappa shape index (κ3) is 4.29. The fourth-order valence-electron chi connectivity index (χ4n) is 1.24. The molecule has 0 aromatic carbocycles. The SMILES string of the molecule is CC(C)C(NC(C)C(C)C(=O)O)C(N)=O. The second kappa shape index (κ2) is 5.70. The zero-order valence-corrected chi connectivity index (χ0v) is 9.65. The first kappa shape index (κ1) is 13.9. The summed E-state index contributed by atoms with van der Waals surface area (Å²) in [6, 6.07) is -0.774. The smallest absolute Gasteiger partial charge is 0.307 e. The highest BCUT2D eigenvalue weighted by atomic mass is 16.4. The van der Waals surface area contributed by atoms with Crippen molar-refractivity contribution < 1.29 is 14.7 Å². The Hall–Kier alpha value is -1.10. The lowest BCUT2D eigenvalue weighted by Crippen LogP contribution is -2.51. The maximum atomic E-state index is 11.1. The zero-order valence-electron chi connectivity index (χ0n) is 9.65. The van der Waals surface area contributed by atoms with E-state index in [1.54, 1.807) is 13.8 Å². The maximum absolute atomic E-state index is 11.1. The van der Waals surface area contributed by atoms with Crippen molar-refractivity contribution in [2.45, 2.75) is 39.8 Å². The van der Waals surface area contributed by atoms with Gasteiger partial charge in [-0.2, -0.15) is 0 Å². The number of carboxylic acids is 1. The van der Waals surface area contributed by atoms with E-state index in [4.69, 9.17) is 10.8 Å². The van der Waals surface area contributed by atoms with E-state index >= 15 is 0 Å². The Bertz CT molecular complexity index is 241. The number of carboxylic acid groups (broad SMARTS) is 1. The number of amides is 1. The van der Waals surface area contributed by atoms with Gasteiger partial charge in [-0.05, 0) is 12.8 Å². The first-order chi connectivity index (χ1) is 6.77. The van der Waals surface area contributed by atoms with Crippen molar-refractivity contribution in [3.63, 3.8) is 0 Å². The molecule has 0 radical (unpaired) electrons. The number of aliphatic carboxylic acids is 1. The summed E-state index contributed by atoms with van der Waals surface area (Å²) in [4.78, 5) is 21.8.